The first-order valence-corrected chi connectivity index (χ1v) is 4.08. The Kier molecular flexibility index (Phi) is 2.62. The van der Waals surface area contributed by atoms with Gasteiger partial charge < -0.3 is 10.4 Å². The molecule has 1 saturated heterocycles. The third kappa shape index (κ3) is 1.79. The van der Waals surface area contributed by atoms with Crippen LogP contribution in [0.25, 0.3) is 0 Å². The van der Waals surface area contributed by atoms with E-state index in [4.69, 9.17) is 0 Å². The molecular formula is C8H15NO2. The van der Waals surface area contributed by atoms with Gasteiger partial charge in [-0.25, -0.2) is 0 Å². The summed E-state index contributed by atoms with van der Waals surface area (Å²) >= 11 is 0. The zero-order valence-electron chi connectivity index (χ0n) is 7.00. The number of aliphatic hydroxyl groups excluding tert-OH is 1. The van der Waals surface area contributed by atoms with Crippen LogP contribution in [0.3, 0.4) is 0 Å². The molecule has 11 heavy (non-hydrogen) atoms. The van der Waals surface area contributed by atoms with Crippen LogP contribution in [0, 0.1) is 5.92 Å². The van der Waals surface area contributed by atoms with Gasteiger partial charge in [0.2, 0.25) is 0 Å². The van der Waals surface area contributed by atoms with Crippen molar-refractivity contribution in [3.05, 3.63) is 0 Å². The molecule has 1 heterocycles. The van der Waals surface area contributed by atoms with E-state index in [9.17, 15) is 9.90 Å². The molecule has 0 unspecified atom stereocenters. The fraction of sp³-hybridized carbons (Fsp3) is 0.875. The Morgan fingerprint density at radius 2 is 2.27 bits per heavy atom. The van der Waals surface area contributed by atoms with E-state index in [0.717, 1.165) is 6.54 Å². The Morgan fingerprint density at radius 1 is 1.64 bits per heavy atom. The molecule has 3 nitrogen and oxygen atoms in total. The van der Waals surface area contributed by atoms with Gasteiger partial charge in [0, 0.05) is 5.92 Å². The summed E-state index contributed by atoms with van der Waals surface area (Å²) in [5, 5.41) is 12.3. The molecule has 0 aromatic heterocycles. The molecule has 0 bridgehead atoms. The van der Waals surface area contributed by atoms with E-state index in [1.54, 1.807) is 0 Å². The van der Waals surface area contributed by atoms with Crippen LogP contribution in [-0.2, 0) is 4.79 Å². The number of hydrogen-bond donors (Lipinski definition) is 2. The minimum absolute atomic E-state index is 0.0141. The Hall–Kier alpha value is -0.410. The minimum Gasteiger partial charge on any atom is -0.391 e. The fourth-order valence-electron chi connectivity index (χ4n) is 1.34. The number of carbonyl (C=O) groups excluding carboxylic acids is 1. The summed E-state index contributed by atoms with van der Waals surface area (Å²) in [5.74, 6) is 0.134. The van der Waals surface area contributed by atoms with Gasteiger partial charge in [-0.15, -0.1) is 0 Å². The average molecular weight is 157 g/mol. The lowest BCUT2D eigenvalue weighted by Crippen LogP contribution is -2.40. The lowest BCUT2D eigenvalue weighted by atomic mass is 9.99. The molecule has 0 amide bonds. The van der Waals surface area contributed by atoms with Gasteiger partial charge in [0.15, 0.2) is 5.78 Å². The van der Waals surface area contributed by atoms with Crippen molar-refractivity contribution in [2.75, 3.05) is 6.54 Å². The molecule has 0 spiro atoms. The van der Waals surface area contributed by atoms with Gasteiger partial charge in [-0.3, -0.25) is 4.79 Å². The second-order valence-electron chi connectivity index (χ2n) is 3.34. The molecule has 0 aliphatic carbocycles. The van der Waals surface area contributed by atoms with E-state index < -0.39 is 6.10 Å². The topological polar surface area (TPSA) is 49.3 Å². The van der Waals surface area contributed by atoms with Crippen LogP contribution >= 0.6 is 0 Å². The lowest BCUT2D eigenvalue weighted by Gasteiger charge is -2.15. The van der Waals surface area contributed by atoms with Crippen LogP contribution in [0.5, 0.6) is 0 Å². The molecule has 2 N–H and O–H groups in total. The van der Waals surface area contributed by atoms with Crippen molar-refractivity contribution < 1.29 is 9.90 Å². The molecule has 64 valence electrons. The molecule has 1 fully saturated rings. The van der Waals surface area contributed by atoms with E-state index in [1.807, 2.05) is 13.8 Å². The van der Waals surface area contributed by atoms with E-state index in [2.05, 4.69) is 5.32 Å². The molecule has 0 radical (unpaired) electrons. The zero-order chi connectivity index (χ0) is 8.43. The first kappa shape index (κ1) is 8.68. The molecule has 1 rings (SSSR count). The SMILES string of the molecule is CC(C)C(=O)[C@H]1NCC[C@H]1O. The van der Waals surface area contributed by atoms with Gasteiger partial charge in [0.25, 0.3) is 0 Å². The summed E-state index contributed by atoms with van der Waals surface area (Å²) < 4.78 is 0. The van der Waals surface area contributed by atoms with Crippen LogP contribution in [-0.4, -0.2) is 29.6 Å². The summed E-state index contributed by atoms with van der Waals surface area (Å²) in [6.07, 6.45) is 0.230. The highest BCUT2D eigenvalue weighted by atomic mass is 16.3. The lowest BCUT2D eigenvalue weighted by molar-refractivity contribution is -0.125. The summed E-state index contributed by atoms with van der Waals surface area (Å²) in [6.45, 7) is 4.47. The van der Waals surface area contributed by atoms with Crippen LogP contribution in [0.4, 0.5) is 0 Å². The molecule has 0 saturated carbocycles. The Bertz CT molecular complexity index is 156. The van der Waals surface area contributed by atoms with Gasteiger partial charge >= 0.3 is 0 Å². The van der Waals surface area contributed by atoms with Crippen molar-refractivity contribution in [1.82, 2.24) is 5.32 Å². The average Bonchev–Trinajstić information content (AvgIpc) is 2.33. The van der Waals surface area contributed by atoms with Crippen LogP contribution < -0.4 is 5.32 Å². The zero-order valence-corrected chi connectivity index (χ0v) is 7.00. The minimum atomic E-state index is -0.468. The van der Waals surface area contributed by atoms with Gasteiger partial charge in [-0.2, -0.15) is 0 Å². The molecule has 2 atom stereocenters. The normalized spacial score (nSPS) is 31.3. The van der Waals surface area contributed by atoms with Crippen molar-refractivity contribution >= 4 is 5.78 Å². The van der Waals surface area contributed by atoms with Gasteiger partial charge in [0.1, 0.15) is 0 Å². The molecule has 3 heteroatoms. The number of hydrogen-bond acceptors (Lipinski definition) is 3. The van der Waals surface area contributed by atoms with Crippen molar-refractivity contribution in [3.63, 3.8) is 0 Å². The number of Topliss-reactive ketones (excluding diaryl/α,β-unsaturated/α-hetero) is 1. The Morgan fingerprint density at radius 3 is 2.64 bits per heavy atom. The number of nitrogens with one attached hydrogen (secondary N) is 1. The van der Waals surface area contributed by atoms with E-state index in [1.165, 1.54) is 0 Å². The summed E-state index contributed by atoms with van der Waals surface area (Å²) in [5.41, 5.74) is 0. The van der Waals surface area contributed by atoms with Crippen LogP contribution in [0.1, 0.15) is 20.3 Å². The molecule has 1 aliphatic heterocycles. The van der Waals surface area contributed by atoms with Gasteiger partial charge in [0.05, 0.1) is 12.1 Å². The van der Waals surface area contributed by atoms with Crippen molar-refractivity contribution in [1.29, 1.82) is 0 Å². The third-order valence-corrected chi connectivity index (χ3v) is 2.06. The maximum atomic E-state index is 11.3. The highest BCUT2D eigenvalue weighted by molar-refractivity contribution is 5.86. The van der Waals surface area contributed by atoms with Crippen molar-refractivity contribution in [2.45, 2.75) is 32.4 Å². The predicted molar refractivity (Wildman–Crippen MR) is 42.3 cm³/mol. The van der Waals surface area contributed by atoms with E-state index >= 15 is 0 Å². The molecular weight excluding hydrogens is 142 g/mol. The predicted octanol–water partition coefficient (Wildman–Crippen LogP) is -0.0657. The third-order valence-electron chi connectivity index (χ3n) is 2.06. The van der Waals surface area contributed by atoms with Gasteiger partial charge in [-0.1, -0.05) is 13.8 Å². The maximum Gasteiger partial charge on any atom is 0.154 e. The largest absolute Gasteiger partial charge is 0.391 e. The standard InChI is InChI=1S/C8H15NO2/c1-5(2)8(11)7-6(10)3-4-9-7/h5-7,9-10H,3-4H2,1-2H3/t6-,7+/m1/s1. The second kappa shape index (κ2) is 3.32. The highest BCUT2D eigenvalue weighted by Gasteiger charge is 2.31. The molecule has 1 aliphatic rings. The molecule has 0 aromatic rings. The summed E-state index contributed by atoms with van der Waals surface area (Å²) in [6, 6.07) is -0.310. The monoisotopic (exact) mass is 157 g/mol. The first-order chi connectivity index (χ1) is 5.13. The number of ketones is 1. The summed E-state index contributed by atoms with van der Waals surface area (Å²) in [4.78, 5) is 11.3. The van der Waals surface area contributed by atoms with Crippen molar-refractivity contribution in [2.24, 2.45) is 5.92 Å². The Labute approximate surface area is 66.8 Å². The maximum absolute atomic E-state index is 11.3. The van der Waals surface area contributed by atoms with Crippen LogP contribution in [0.15, 0.2) is 0 Å². The Balaban J connectivity index is 2.53. The number of rotatable bonds is 2. The number of aliphatic hydroxyl groups is 1. The first-order valence-electron chi connectivity index (χ1n) is 4.08. The highest BCUT2D eigenvalue weighted by Crippen LogP contribution is 2.11. The smallest absolute Gasteiger partial charge is 0.154 e. The van der Waals surface area contributed by atoms with Crippen molar-refractivity contribution in [3.8, 4) is 0 Å². The molecule has 0 aromatic carbocycles. The summed E-state index contributed by atoms with van der Waals surface area (Å²) in [7, 11) is 0. The van der Waals surface area contributed by atoms with Gasteiger partial charge in [-0.05, 0) is 13.0 Å². The quantitative estimate of drug-likeness (QED) is 0.590. The van der Waals surface area contributed by atoms with E-state index in [0.29, 0.717) is 6.42 Å². The fourth-order valence-corrected chi connectivity index (χ4v) is 1.34. The number of carbonyl (C=O) groups is 1. The van der Waals surface area contributed by atoms with Crippen LogP contribution in [0.2, 0.25) is 0 Å². The second-order valence-corrected chi connectivity index (χ2v) is 3.34. The van der Waals surface area contributed by atoms with E-state index in [-0.39, 0.29) is 17.7 Å².